The second kappa shape index (κ2) is 8.16. The molecule has 102 valence electrons. The monoisotopic (exact) mass is 257 g/mol. The molecule has 18 heavy (non-hydrogen) atoms. The van der Waals surface area contributed by atoms with Gasteiger partial charge in [-0.1, -0.05) is 12.1 Å². The van der Waals surface area contributed by atoms with Crippen molar-refractivity contribution in [3.63, 3.8) is 0 Å². The van der Waals surface area contributed by atoms with Gasteiger partial charge < -0.3 is 19.9 Å². The molecule has 1 aromatic carbocycles. The van der Waals surface area contributed by atoms with Gasteiger partial charge in [-0.15, -0.1) is 0 Å². The van der Waals surface area contributed by atoms with Crippen LogP contribution >= 0.6 is 0 Å². The molecule has 0 radical (unpaired) electrons. The predicted molar refractivity (Wildman–Crippen MR) is 66.9 cm³/mol. The molecule has 0 aliphatic heterocycles. The number of rotatable bonds is 8. The number of aliphatic hydroxyl groups excluding tert-OH is 1. The average molecular weight is 257 g/mol. The van der Waals surface area contributed by atoms with Gasteiger partial charge in [-0.05, 0) is 17.7 Å². The van der Waals surface area contributed by atoms with E-state index in [1.807, 2.05) is 0 Å². The minimum absolute atomic E-state index is 0.0459. The van der Waals surface area contributed by atoms with Gasteiger partial charge in [0.05, 0.1) is 18.8 Å². The number of ether oxygens (including phenoxy) is 2. The quantitative estimate of drug-likeness (QED) is 0.732. The lowest BCUT2D eigenvalue weighted by Gasteiger charge is -2.17. The number of aliphatic hydroxyl groups is 1. The fourth-order valence-electron chi connectivity index (χ4n) is 1.58. The van der Waals surface area contributed by atoms with Crippen LogP contribution in [0.3, 0.4) is 0 Å². The molecule has 1 aromatic rings. The highest BCUT2D eigenvalue weighted by Gasteiger charge is 2.10. The fraction of sp³-hybridized carbons (Fsp3) is 0.538. The van der Waals surface area contributed by atoms with E-state index in [0.29, 0.717) is 25.3 Å². The van der Waals surface area contributed by atoms with Gasteiger partial charge in [0.15, 0.2) is 0 Å². The van der Waals surface area contributed by atoms with Gasteiger partial charge in [-0.3, -0.25) is 0 Å². The normalized spacial score (nSPS) is 14.4. The minimum Gasteiger partial charge on any atom is -0.387 e. The van der Waals surface area contributed by atoms with Crippen molar-refractivity contribution in [2.24, 2.45) is 0 Å². The van der Waals surface area contributed by atoms with Crippen LogP contribution in [0.4, 0.5) is 4.39 Å². The zero-order valence-corrected chi connectivity index (χ0v) is 10.7. The summed E-state index contributed by atoms with van der Waals surface area (Å²) in [5.41, 5.74) is 0.685. The molecule has 4 nitrogen and oxygen atoms in total. The van der Waals surface area contributed by atoms with Crippen LogP contribution in [0.2, 0.25) is 0 Å². The number of halogens is 1. The summed E-state index contributed by atoms with van der Waals surface area (Å²) >= 11 is 0. The van der Waals surface area contributed by atoms with E-state index in [1.54, 1.807) is 26.4 Å². The molecule has 0 heterocycles. The molecule has 0 amide bonds. The van der Waals surface area contributed by atoms with Crippen molar-refractivity contribution < 1.29 is 19.0 Å². The van der Waals surface area contributed by atoms with E-state index in [4.69, 9.17) is 9.47 Å². The molecule has 0 saturated carbocycles. The molecule has 0 fully saturated rings. The van der Waals surface area contributed by atoms with E-state index in [0.717, 1.165) is 0 Å². The summed E-state index contributed by atoms with van der Waals surface area (Å²) in [5.74, 6) is -0.307. The standard InChI is InChI=1S/C13H20FNO3/c1-17-9-12(18-2)7-15-8-13(16)10-3-5-11(14)6-4-10/h3-6,12-13,15-16H,7-9H2,1-2H3. The van der Waals surface area contributed by atoms with Crippen molar-refractivity contribution in [2.75, 3.05) is 33.9 Å². The number of methoxy groups -OCH3 is 2. The van der Waals surface area contributed by atoms with Crippen LogP contribution in [0.15, 0.2) is 24.3 Å². The molecule has 1 rings (SSSR count). The Morgan fingerprint density at radius 2 is 1.89 bits per heavy atom. The molecule has 0 aromatic heterocycles. The molecule has 2 N–H and O–H groups in total. The van der Waals surface area contributed by atoms with Gasteiger partial charge >= 0.3 is 0 Å². The van der Waals surface area contributed by atoms with Gasteiger partial charge in [0.2, 0.25) is 0 Å². The second-order valence-corrected chi connectivity index (χ2v) is 4.04. The Hall–Kier alpha value is -1.01. The van der Waals surface area contributed by atoms with Crippen LogP contribution in [0.5, 0.6) is 0 Å². The smallest absolute Gasteiger partial charge is 0.123 e. The van der Waals surface area contributed by atoms with Gasteiger partial charge in [-0.2, -0.15) is 0 Å². The molecule has 0 saturated heterocycles. The van der Waals surface area contributed by atoms with Crippen molar-refractivity contribution in [2.45, 2.75) is 12.2 Å². The zero-order valence-electron chi connectivity index (χ0n) is 10.7. The summed E-state index contributed by atoms with van der Waals surface area (Å²) in [5, 5.41) is 13.0. The molecule has 2 atom stereocenters. The molecule has 5 heteroatoms. The van der Waals surface area contributed by atoms with Crippen LogP contribution in [0, 0.1) is 5.82 Å². The number of benzene rings is 1. The molecule has 0 spiro atoms. The average Bonchev–Trinajstić information content (AvgIpc) is 2.38. The van der Waals surface area contributed by atoms with E-state index in [2.05, 4.69) is 5.32 Å². The van der Waals surface area contributed by atoms with Crippen LogP contribution in [-0.2, 0) is 9.47 Å². The van der Waals surface area contributed by atoms with E-state index in [1.165, 1.54) is 12.1 Å². The van der Waals surface area contributed by atoms with Crippen molar-refractivity contribution >= 4 is 0 Å². The maximum absolute atomic E-state index is 12.7. The van der Waals surface area contributed by atoms with Crippen LogP contribution in [0.1, 0.15) is 11.7 Å². The summed E-state index contributed by atoms with van der Waals surface area (Å²) in [6, 6.07) is 5.82. The van der Waals surface area contributed by atoms with E-state index >= 15 is 0 Å². The van der Waals surface area contributed by atoms with Crippen LogP contribution < -0.4 is 5.32 Å². The third kappa shape index (κ3) is 5.10. The fourth-order valence-corrected chi connectivity index (χ4v) is 1.58. The molecular weight excluding hydrogens is 237 g/mol. The van der Waals surface area contributed by atoms with Gasteiger partial charge in [0, 0.05) is 27.3 Å². The Balaban J connectivity index is 2.32. The third-order valence-electron chi connectivity index (χ3n) is 2.65. The summed E-state index contributed by atoms with van der Waals surface area (Å²) in [4.78, 5) is 0. The maximum Gasteiger partial charge on any atom is 0.123 e. The van der Waals surface area contributed by atoms with Gasteiger partial charge in [0.1, 0.15) is 5.82 Å². The molecule has 0 bridgehead atoms. The lowest BCUT2D eigenvalue weighted by Crippen LogP contribution is -2.34. The highest BCUT2D eigenvalue weighted by atomic mass is 19.1. The summed E-state index contributed by atoms with van der Waals surface area (Å²) < 4.78 is 22.9. The first kappa shape index (κ1) is 15.0. The van der Waals surface area contributed by atoms with Crippen LogP contribution in [-0.4, -0.2) is 45.1 Å². The molecule has 0 aliphatic carbocycles. The Labute approximate surface area is 107 Å². The first-order valence-corrected chi connectivity index (χ1v) is 5.83. The maximum atomic E-state index is 12.7. The largest absolute Gasteiger partial charge is 0.387 e. The second-order valence-electron chi connectivity index (χ2n) is 4.04. The SMILES string of the molecule is COCC(CNCC(O)c1ccc(F)cc1)OC. The summed E-state index contributed by atoms with van der Waals surface area (Å²) in [6.07, 6.45) is -0.707. The van der Waals surface area contributed by atoms with Crippen molar-refractivity contribution in [1.82, 2.24) is 5.32 Å². The molecule has 2 unspecified atom stereocenters. The predicted octanol–water partition coefficient (Wildman–Crippen LogP) is 1.11. The number of nitrogens with one attached hydrogen (secondary N) is 1. The Morgan fingerprint density at radius 1 is 1.22 bits per heavy atom. The lowest BCUT2D eigenvalue weighted by molar-refractivity contribution is 0.0270. The highest BCUT2D eigenvalue weighted by Crippen LogP contribution is 2.12. The Bertz CT molecular complexity index is 332. The molecular formula is C13H20FNO3. The van der Waals surface area contributed by atoms with Gasteiger partial charge in [0.25, 0.3) is 0 Å². The van der Waals surface area contributed by atoms with Crippen molar-refractivity contribution in [3.8, 4) is 0 Å². The van der Waals surface area contributed by atoms with E-state index in [9.17, 15) is 9.50 Å². The Morgan fingerprint density at radius 3 is 2.44 bits per heavy atom. The third-order valence-corrected chi connectivity index (χ3v) is 2.65. The molecule has 0 aliphatic rings. The summed E-state index contributed by atoms with van der Waals surface area (Å²) in [6.45, 7) is 1.47. The minimum atomic E-state index is -0.661. The van der Waals surface area contributed by atoms with E-state index in [-0.39, 0.29) is 11.9 Å². The summed E-state index contributed by atoms with van der Waals surface area (Å²) in [7, 11) is 3.22. The Kier molecular flexibility index (Phi) is 6.82. The van der Waals surface area contributed by atoms with Crippen LogP contribution in [0.25, 0.3) is 0 Å². The first-order valence-electron chi connectivity index (χ1n) is 5.83. The van der Waals surface area contributed by atoms with Gasteiger partial charge in [-0.25, -0.2) is 4.39 Å². The number of hydrogen-bond acceptors (Lipinski definition) is 4. The highest BCUT2D eigenvalue weighted by molar-refractivity contribution is 5.18. The first-order chi connectivity index (χ1) is 8.67. The lowest BCUT2D eigenvalue weighted by atomic mass is 10.1. The number of hydrogen-bond donors (Lipinski definition) is 2. The van der Waals surface area contributed by atoms with Crippen molar-refractivity contribution in [3.05, 3.63) is 35.6 Å². The van der Waals surface area contributed by atoms with E-state index < -0.39 is 6.10 Å². The topological polar surface area (TPSA) is 50.7 Å². The zero-order chi connectivity index (χ0) is 13.4. The van der Waals surface area contributed by atoms with Crippen molar-refractivity contribution in [1.29, 1.82) is 0 Å².